The van der Waals surface area contributed by atoms with E-state index in [0.29, 0.717) is 12.1 Å². The highest BCUT2D eigenvalue weighted by molar-refractivity contribution is 7.08. The molecule has 4 rings (SSSR count). The number of benzene rings is 1. The first kappa shape index (κ1) is 17.2. The van der Waals surface area contributed by atoms with Crippen LogP contribution in [0, 0.1) is 0 Å². The number of hydrogen-bond acceptors (Lipinski definition) is 4. The van der Waals surface area contributed by atoms with Crippen LogP contribution < -0.4 is 5.32 Å². The van der Waals surface area contributed by atoms with E-state index < -0.39 is 0 Å². The molecule has 0 atom stereocenters. The predicted molar refractivity (Wildman–Crippen MR) is 107 cm³/mol. The molecule has 0 aliphatic heterocycles. The van der Waals surface area contributed by atoms with Crippen LogP contribution in [-0.4, -0.2) is 20.7 Å². The maximum Gasteiger partial charge on any atom is 0.251 e. The molecular formula is C21H18N4OS. The molecule has 0 aliphatic rings. The van der Waals surface area contributed by atoms with Crippen LogP contribution in [0.2, 0.25) is 0 Å². The van der Waals surface area contributed by atoms with Crippen LogP contribution in [0.4, 0.5) is 0 Å². The lowest BCUT2D eigenvalue weighted by molar-refractivity contribution is 0.0951. The fourth-order valence-electron chi connectivity index (χ4n) is 2.78. The van der Waals surface area contributed by atoms with Crippen molar-refractivity contribution >= 4 is 17.2 Å². The molecular weight excluding hydrogens is 356 g/mol. The fourth-order valence-corrected chi connectivity index (χ4v) is 3.45. The number of amides is 1. The fraction of sp³-hybridized carbons (Fsp3) is 0.0952. The Kier molecular flexibility index (Phi) is 4.80. The van der Waals surface area contributed by atoms with Crippen molar-refractivity contribution in [2.24, 2.45) is 7.05 Å². The molecule has 0 radical (unpaired) electrons. The maximum atomic E-state index is 12.4. The molecule has 1 aromatic carbocycles. The van der Waals surface area contributed by atoms with Gasteiger partial charge in [0.2, 0.25) is 0 Å². The summed E-state index contributed by atoms with van der Waals surface area (Å²) in [5.74, 6) is -0.0943. The Hall–Kier alpha value is -3.25. The van der Waals surface area contributed by atoms with Crippen molar-refractivity contribution in [1.82, 2.24) is 20.1 Å². The van der Waals surface area contributed by atoms with Crippen molar-refractivity contribution in [3.8, 4) is 22.4 Å². The highest BCUT2D eigenvalue weighted by atomic mass is 32.1. The Balaban J connectivity index is 1.37. The van der Waals surface area contributed by atoms with Crippen molar-refractivity contribution in [1.29, 1.82) is 0 Å². The van der Waals surface area contributed by atoms with Gasteiger partial charge in [0, 0.05) is 37.1 Å². The number of pyridine rings is 1. The molecule has 0 saturated carbocycles. The second-order valence-electron chi connectivity index (χ2n) is 6.23. The number of hydrogen-bond donors (Lipinski definition) is 1. The molecule has 3 aromatic heterocycles. The number of aromatic nitrogens is 3. The van der Waals surface area contributed by atoms with Crippen molar-refractivity contribution in [3.05, 3.63) is 82.9 Å². The molecule has 5 nitrogen and oxygen atoms in total. The molecule has 4 aromatic rings. The van der Waals surface area contributed by atoms with Crippen LogP contribution in [0.3, 0.4) is 0 Å². The average molecular weight is 374 g/mol. The number of nitrogens with zero attached hydrogens (tertiary/aromatic N) is 3. The minimum atomic E-state index is -0.0943. The lowest BCUT2D eigenvalue weighted by atomic mass is 10.1. The normalized spacial score (nSPS) is 10.7. The summed E-state index contributed by atoms with van der Waals surface area (Å²) in [6, 6.07) is 13.6. The van der Waals surface area contributed by atoms with Crippen molar-refractivity contribution in [2.45, 2.75) is 6.54 Å². The summed E-state index contributed by atoms with van der Waals surface area (Å²) < 4.78 is 1.74. The molecule has 0 fully saturated rings. The number of thiophene rings is 1. The standard InChI is InChI=1S/C21H18N4OS/c1-25-13-19(12-24-25)20-7-2-15(10-22-20)11-23-21(26)17-5-3-16(4-6-17)18-8-9-27-14-18/h2-10,12-14H,11H2,1H3,(H,23,26). The summed E-state index contributed by atoms with van der Waals surface area (Å²) >= 11 is 1.66. The molecule has 3 heterocycles. The molecule has 0 saturated heterocycles. The molecule has 134 valence electrons. The van der Waals surface area contributed by atoms with E-state index in [4.69, 9.17) is 0 Å². The molecule has 0 unspecified atom stereocenters. The van der Waals surface area contributed by atoms with E-state index in [1.807, 2.05) is 55.0 Å². The molecule has 0 aliphatic carbocycles. The van der Waals surface area contributed by atoms with Gasteiger partial charge in [-0.1, -0.05) is 18.2 Å². The largest absolute Gasteiger partial charge is 0.348 e. The van der Waals surface area contributed by atoms with Crippen LogP contribution in [0.5, 0.6) is 0 Å². The van der Waals surface area contributed by atoms with Gasteiger partial charge in [0.05, 0.1) is 11.9 Å². The van der Waals surface area contributed by atoms with Crippen LogP contribution in [-0.2, 0) is 13.6 Å². The SMILES string of the molecule is Cn1cc(-c2ccc(CNC(=O)c3ccc(-c4ccsc4)cc3)cn2)cn1. The zero-order chi connectivity index (χ0) is 18.6. The summed E-state index contributed by atoms with van der Waals surface area (Å²) in [5, 5.41) is 11.2. The van der Waals surface area contributed by atoms with Gasteiger partial charge in [-0.3, -0.25) is 14.5 Å². The number of carbonyl (C=O) groups excluding carboxylic acids is 1. The Labute approximate surface area is 161 Å². The third-order valence-corrected chi connectivity index (χ3v) is 4.96. The third-order valence-electron chi connectivity index (χ3n) is 4.28. The van der Waals surface area contributed by atoms with E-state index in [1.165, 1.54) is 5.56 Å². The first-order chi connectivity index (χ1) is 13.2. The Bertz CT molecular complexity index is 1030. The van der Waals surface area contributed by atoms with Gasteiger partial charge in [-0.25, -0.2) is 0 Å². The predicted octanol–water partition coefficient (Wildman–Crippen LogP) is 4.14. The van der Waals surface area contributed by atoms with Gasteiger partial charge in [-0.2, -0.15) is 16.4 Å². The molecule has 0 spiro atoms. The number of aryl methyl sites for hydroxylation is 1. The molecule has 6 heteroatoms. The lowest BCUT2D eigenvalue weighted by Crippen LogP contribution is -2.22. The van der Waals surface area contributed by atoms with E-state index >= 15 is 0 Å². The second-order valence-corrected chi connectivity index (χ2v) is 7.01. The first-order valence-corrected chi connectivity index (χ1v) is 9.48. The first-order valence-electron chi connectivity index (χ1n) is 8.54. The number of nitrogens with one attached hydrogen (secondary N) is 1. The summed E-state index contributed by atoms with van der Waals surface area (Å²) in [5.41, 5.74) is 5.72. The maximum absolute atomic E-state index is 12.4. The van der Waals surface area contributed by atoms with E-state index in [1.54, 1.807) is 28.4 Å². The van der Waals surface area contributed by atoms with Gasteiger partial charge in [0.1, 0.15) is 0 Å². The van der Waals surface area contributed by atoms with Crippen LogP contribution in [0.15, 0.2) is 71.8 Å². The van der Waals surface area contributed by atoms with E-state index in [9.17, 15) is 4.79 Å². The van der Waals surface area contributed by atoms with Gasteiger partial charge < -0.3 is 5.32 Å². The molecule has 0 bridgehead atoms. The summed E-state index contributed by atoms with van der Waals surface area (Å²) in [7, 11) is 1.88. The number of rotatable bonds is 5. The topological polar surface area (TPSA) is 59.8 Å². The van der Waals surface area contributed by atoms with E-state index in [2.05, 4.69) is 26.8 Å². The van der Waals surface area contributed by atoms with E-state index in [0.717, 1.165) is 22.4 Å². The Morgan fingerprint density at radius 1 is 1.04 bits per heavy atom. The Morgan fingerprint density at radius 2 is 1.89 bits per heavy atom. The summed E-state index contributed by atoms with van der Waals surface area (Å²) in [6.07, 6.45) is 5.48. The molecule has 1 amide bonds. The van der Waals surface area contributed by atoms with Crippen molar-refractivity contribution in [3.63, 3.8) is 0 Å². The van der Waals surface area contributed by atoms with Crippen LogP contribution in [0.1, 0.15) is 15.9 Å². The zero-order valence-electron chi connectivity index (χ0n) is 14.8. The minimum absolute atomic E-state index is 0.0943. The molecule has 1 N–H and O–H groups in total. The van der Waals surface area contributed by atoms with Crippen LogP contribution in [0.25, 0.3) is 22.4 Å². The third kappa shape index (κ3) is 3.96. The van der Waals surface area contributed by atoms with Gasteiger partial charge in [0.15, 0.2) is 0 Å². The minimum Gasteiger partial charge on any atom is -0.348 e. The van der Waals surface area contributed by atoms with Crippen LogP contribution >= 0.6 is 11.3 Å². The van der Waals surface area contributed by atoms with E-state index in [-0.39, 0.29) is 5.91 Å². The number of carbonyl (C=O) groups is 1. The molecule has 27 heavy (non-hydrogen) atoms. The zero-order valence-corrected chi connectivity index (χ0v) is 15.6. The second kappa shape index (κ2) is 7.55. The lowest BCUT2D eigenvalue weighted by Gasteiger charge is -2.07. The summed E-state index contributed by atoms with van der Waals surface area (Å²) in [4.78, 5) is 16.8. The highest BCUT2D eigenvalue weighted by Gasteiger charge is 2.07. The van der Waals surface area contributed by atoms with Gasteiger partial charge in [-0.15, -0.1) is 0 Å². The monoisotopic (exact) mass is 374 g/mol. The smallest absolute Gasteiger partial charge is 0.251 e. The van der Waals surface area contributed by atoms with Gasteiger partial charge in [0.25, 0.3) is 5.91 Å². The quantitative estimate of drug-likeness (QED) is 0.571. The van der Waals surface area contributed by atoms with Gasteiger partial charge in [-0.05, 0) is 51.7 Å². The highest BCUT2D eigenvalue weighted by Crippen LogP contribution is 2.22. The average Bonchev–Trinajstić information content (AvgIpc) is 3.39. The van der Waals surface area contributed by atoms with Gasteiger partial charge >= 0.3 is 0 Å². The summed E-state index contributed by atoms with van der Waals surface area (Å²) in [6.45, 7) is 0.436. The van der Waals surface area contributed by atoms with Crippen molar-refractivity contribution in [2.75, 3.05) is 0 Å². The Morgan fingerprint density at radius 3 is 2.52 bits per heavy atom. The van der Waals surface area contributed by atoms with Crippen molar-refractivity contribution < 1.29 is 4.79 Å².